The van der Waals surface area contributed by atoms with Crippen LogP contribution >= 0.6 is 11.6 Å². The number of carbonyl (C=O) groups is 1. The minimum Gasteiger partial charge on any atom is -0.457 e. The molecule has 3 heteroatoms. The Balaban J connectivity index is 3.68. The Morgan fingerprint density at radius 3 is 2.54 bits per heavy atom. The molecule has 2 nitrogen and oxygen atoms in total. The Bertz CT molecular complexity index is 180. The molecule has 0 amide bonds. The van der Waals surface area contributed by atoms with E-state index in [9.17, 15) is 4.79 Å². The van der Waals surface area contributed by atoms with Gasteiger partial charge in [0.25, 0.3) is 0 Å². The molecule has 13 heavy (non-hydrogen) atoms. The number of hydrogen-bond donors (Lipinski definition) is 0. The third-order valence-corrected chi connectivity index (χ3v) is 1.43. The summed E-state index contributed by atoms with van der Waals surface area (Å²) in [5.74, 6) is 0.334. The van der Waals surface area contributed by atoms with Gasteiger partial charge in [0.2, 0.25) is 0 Å². The van der Waals surface area contributed by atoms with Crippen LogP contribution in [0.2, 0.25) is 0 Å². The van der Waals surface area contributed by atoms with E-state index in [1.165, 1.54) is 6.08 Å². The van der Waals surface area contributed by atoms with Crippen molar-refractivity contribution >= 4 is 17.6 Å². The van der Waals surface area contributed by atoms with E-state index in [1.54, 1.807) is 6.08 Å². The molecule has 0 radical (unpaired) electrons. The zero-order valence-corrected chi connectivity index (χ0v) is 9.23. The first kappa shape index (κ1) is 12.5. The molecule has 0 rings (SSSR count). The molecule has 0 aliphatic heterocycles. The van der Waals surface area contributed by atoms with E-state index < -0.39 is 5.60 Å². The zero-order chi connectivity index (χ0) is 10.3. The SMILES string of the molecule is CC(C)(C)OC(=O)/C=C/CCCCl. The molecule has 0 aromatic heterocycles. The molecule has 0 aliphatic carbocycles. The highest BCUT2D eigenvalue weighted by atomic mass is 35.5. The van der Waals surface area contributed by atoms with Gasteiger partial charge in [-0.25, -0.2) is 4.79 Å². The first-order valence-corrected chi connectivity index (χ1v) is 4.94. The van der Waals surface area contributed by atoms with E-state index in [0.717, 1.165) is 12.8 Å². The van der Waals surface area contributed by atoms with Crippen LogP contribution in [-0.4, -0.2) is 17.5 Å². The fraction of sp³-hybridized carbons (Fsp3) is 0.700. The number of esters is 1. The number of halogens is 1. The molecule has 0 saturated carbocycles. The number of rotatable bonds is 4. The molecule has 0 fully saturated rings. The molecule has 0 unspecified atom stereocenters. The predicted molar refractivity (Wildman–Crippen MR) is 54.9 cm³/mol. The number of ether oxygens (including phenoxy) is 1. The van der Waals surface area contributed by atoms with Crippen molar-refractivity contribution in [3.8, 4) is 0 Å². The Morgan fingerprint density at radius 1 is 1.46 bits per heavy atom. The molecule has 0 saturated heterocycles. The summed E-state index contributed by atoms with van der Waals surface area (Å²) in [6.45, 7) is 5.53. The molecule has 0 aromatic carbocycles. The lowest BCUT2D eigenvalue weighted by Crippen LogP contribution is -2.22. The van der Waals surface area contributed by atoms with Gasteiger partial charge in [-0.1, -0.05) is 6.08 Å². The van der Waals surface area contributed by atoms with E-state index in [4.69, 9.17) is 16.3 Å². The summed E-state index contributed by atoms with van der Waals surface area (Å²) in [7, 11) is 0. The van der Waals surface area contributed by atoms with Crippen molar-refractivity contribution in [2.45, 2.75) is 39.2 Å². The fourth-order valence-corrected chi connectivity index (χ4v) is 0.865. The highest BCUT2D eigenvalue weighted by Crippen LogP contribution is 2.07. The van der Waals surface area contributed by atoms with Crippen LogP contribution < -0.4 is 0 Å². The van der Waals surface area contributed by atoms with Crippen LogP contribution in [0.5, 0.6) is 0 Å². The average molecular weight is 205 g/mol. The minimum atomic E-state index is -0.409. The minimum absolute atomic E-state index is 0.290. The maximum Gasteiger partial charge on any atom is 0.330 e. The standard InChI is InChI=1S/C10H17ClO2/c1-10(2,3)13-9(12)7-5-4-6-8-11/h5,7H,4,6,8H2,1-3H3/b7-5+. The Kier molecular flexibility index (Phi) is 5.80. The zero-order valence-electron chi connectivity index (χ0n) is 8.47. The number of allylic oxidation sites excluding steroid dienone is 1. The van der Waals surface area contributed by atoms with Crippen molar-refractivity contribution in [3.05, 3.63) is 12.2 Å². The molecule has 0 bridgehead atoms. The van der Waals surface area contributed by atoms with Gasteiger partial charge in [0, 0.05) is 12.0 Å². The molecule has 0 atom stereocenters. The normalized spacial score (nSPS) is 12.0. The lowest BCUT2D eigenvalue weighted by molar-refractivity contribution is -0.148. The van der Waals surface area contributed by atoms with Crippen LogP contribution in [-0.2, 0) is 9.53 Å². The van der Waals surface area contributed by atoms with Crippen molar-refractivity contribution in [1.82, 2.24) is 0 Å². The lowest BCUT2D eigenvalue weighted by atomic mass is 10.2. The van der Waals surface area contributed by atoms with Gasteiger partial charge >= 0.3 is 5.97 Å². The monoisotopic (exact) mass is 204 g/mol. The van der Waals surface area contributed by atoms with Gasteiger partial charge in [0.1, 0.15) is 5.60 Å². The second-order valence-electron chi connectivity index (χ2n) is 3.77. The van der Waals surface area contributed by atoms with E-state index >= 15 is 0 Å². The Hall–Kier alpha value is -0.500. The number of unbranched alkanes of at least 4 members (excludes halogenated alkanes) is 1. The molecule has 0 aliphatic rings. The van der Waals surface area contributed by atoms with E-state index in [1.807, 2.05) is 20.8 Å². The van der Waals surface area contributed by atoms with Crippen molar-refractivity contribution < 1.29 is 9.53 Å². The quantitative estimate of drug-likeness (QED) is 0.305. The summed E-state index contributed by atoms with van der Waals surface area (Å²) in [6.07, 6.45) is 4.96. The van der Waals surface area contributed by atoms with Crippen LogP contribution in [0.1, 0.15) is 33.6 Å². The number of alkyl halides is 1. The van der Waals surface area contributed by atoms with Crippen LogP contribution in [0, 0.1) is 0 Å². The van der Waals surface area contributed by atoms with Crippen molar-refractivity contribution in [1.29, 1.82) is 0 Å². The first-order valence-electron chi connectivity index (χ1n) is 4.41. The van der Waals surface area contributed by atoms with Gasteiger partial charge in [0.15, 0.2) is 0 Å². The van der Waals surface area contributed by atoms with Gasteiger partial charge < -0.3 is 4.74 Å². The summed E-state index contributed by atoms with van der Waals surface area (Å²) in [5, 5.41) is 0. The molecular formula is C10H17ClO2. The maximum absolute atomic E-state index is 11.1. The highest BCUT2D eigenvalue weighted by Gasteiger charge is 2.13. The fourth-order valence-electron chi connectivity index (χ4n) is 0.710. The van der Waals surface area contributed by atoms with Gasteiger partial charge in [-0.05, 0) is 33.6 Å². The molecule has 0 N–H and O–H groups in total. The van der Waals surface area contributed by atoms with E-state index in [2.05, 4.69) is 0 Å². The molecule has 0 heterocycles. The van der Waals surface area contributed by atoms with Crippen molar-refractivity contribution in [3.63, 3.8) is 0 Å². The van der Waals surface area contributed by atoms with Gasteiger partial charge in [0.05, 0.1) is 0 Å². The summed E-state index contributed by atoms with van der Waals surface area (Å²) in [5.41, 5.74) is -0.409. The van der Waals surface area contributed by atoms with Crippen molar-refractivity contribution in [2.24, 2.45) is 0 Å². The second-order valence-corrected chi connectivity index (χ2v) is 4.15. The average Bonchev–Trinajstić information content (AvgIpc) is 1.94. The number of hydrogen-bond acceptors (Lipinski definition) is 2. The largest absolute Gasteiger partial charge is 0.457 e. The molecule has 76 valence electrons. The molecule has 0 spiro atoms. The van der Waals surface area contributed by atoms with E-state index in [-0.39, 0.29) is 5.97 Å². The van der Waals surface area contributed by atoms with Gasteiger partial charge in [-0.15, -0.1) is 11.6 Å². The third kappa shape index (κ3) is 9.41. The smallest absolute Gasteiger partial charge is 0.330 e. The van der Waals surface area contributed by atoms with Crippen LogP contribution in [0.25, 0.3) is 0 Å². The summed E-state index contributed by atoms with van der Waals surface area (Å²) >= 11 is 5.47. The second kappa shape index (κ2) is 6.03. The van der Waals surface area contributed by atoms with Crippen LogP contribution in [0.4, 0.5) is 0 Å². The highest BCUT2D eigenvalue weighted by molar-refractivity contribution is 6.17. The van der Waals surface area contributed by atoms with Gasteiger partial charge in [-0.2, -0.15) is 0 Å². The summed E-state index contributed by atoms with van der Waals surface area (Å²) in [4.78, 5) is 11.1. The predicted octanol–water partition coefficient (Wildman–Crippen LogP) is 2.90. The van der Waals surface area contributed by atoms with Crippen LogP contribution in [0.15, 0.2) is 12.2 Å². The topological polar surface area (TPSA) is 26.3 Å². The maximum atomic E-state index is 11.1. The van der Waals surface area contributed by atoms with E-state index in [0.29, 0.717) is 5.88 Å². The summed E-state index contributed by atoms with van der Waals surface area (Å²) < 4.78 is 5.06. The number of carbonyl (C=O) groups excluding carboxylic acids is 1. The molecular weight excluding hydrogens is 188 g/mol. The van der Waals surface area contributed by atoms with Gasteiger partial charge in [-0.3, -0.25) is 0 Å². The summed E-state index contributed by atoms with van der Waals surface area (Å²) in [6, 6.07) is 0. The third-order valence-electron chi connectivity index (χ3n) is 1.17. The van der Waals surface area contributed by atoms with Crippen molar-refractivity contribution in [2.75, 3.05) is 5.88 Å². The molecule has 0 aromatic rings. The first-order chi connectivity index (χ1) is 5.95. The Morgan fingerprint density at radius 2 is 2.08 bits per heavy atom. The lowest BCUT2D eigenvalue weighted by Gasteiger charge is -2.17. The van der Waals surface area contributed by atoms with Crippen LogP contribution in [0.3, 0.4) is 0 Å². The Labute approximate surface area is 84.9 Å².